The van der Waals surface area contributed by atoms with Gasteiger partial charge < -0.3 is 0 Å². The molecule has 1 aromatic heterocycles. The fourth-order valence-electron chi connectivity index (χ4n) is 4.28. The first kappa shape index (κ1) is 12.1. The summed E-state index contributed by atoms with van der Waals surface area (Å²) in [6, 6.07) is 12.8. The third-order valence-corrected chi connectivity index (χ3v) is 6.14. The van der Waals surface area contributed by atoms with Crippen LogP contribution in [0.3, 0.4) is 0 Å². The van der Waals surface area contributed by atoms with Gasteiger partial charge in [-0.3, -0.25) is 0 Å². The number of para-hydroxylation sites is 1. The van der Waals surface area contributed by atoms with Crippen molar-refractivity contribution in [2.45, 2.75) is 33.6 Å². The molecule has 0 radical (unpaired) electrons. The molecule has 2 aliphatic carbocycles. The summed E-state index contributed by atoms with van der Waals surface area (Å²) in [6.45, 7) is 7.28. The van der Waals surface area contributed by atoms with Gasteiger partial charge in [-0.1, -0.05) is 51.1 Å². The number of fused-ring (bicyclic) bond motifs is 3. The number of hydrogen-bond acceptors (Lipinski definition) is 1. The van der Waals surface area contributed by atoms with E-state index in [2.05, 4.69) is 63.2 Å². The van der Waals surface area contributed by atoms with Crippen LogP contribution in [-0.4, -0.2) is 4.98 Å². The highest BCUT2D eigenvalue weighted by atomic mass is 14.7. The standard InChI is InChI=1S/C19H21N/c1-18(2)14-10-11-19(18,3)15(12-14)17-9-8-13-6-4-5-7-16(13)20-17/h4-9,12,14H,10-11H2,1-3H3. The Hall–Kier alpha value is -1.63. The minimum Gasteiger partial charge on any atom is -0.248 e. The van der Waals surface area contributed by atoms with Gasteiger partial charge in [0.05, 0.1) is 11.2 Å². The number of allylic oxidation sites excluding steroid dienone is 2. The molecular weight excluding hydrogens is 242 g/mol. The Labute approximate surface area is 120 Å². The Balaban J connectivity index is 1.87. The molecule has 20 heavy (non-hydrogen) atoms. The predicted molar refractivity (Wildman–Crippen MR) is 84.3 cm³/mol. The maximum Gasteiger partial charge on any atom is 0.0709 e. The molecule has 2 aliphatic rings. The third kappa shape index (κ3) is 1.36. The molecule has 0 amide bonds. The van der Waals surface area contributed by atoms with Crippen molar-refractivity contribution in [1.29, 1.82) is 0 Å². The van der Waals surface area contributed by atoms with Crippen molar-refractivity contribution in [3.8, 4) is 0 Å². The van der Waals surface area contributed by atoms with Gasteiger partial charge >= 0.3 is 0 Å². The van der Waals surface area contributed by atoms with Crippen LogP contribution in [0.2, 0.25) is 0 Å². The quantitative estimate of drug-likeness (QED) is 0.699. The van der Waals surface area contributed by atoms with Gasteiger partial charge in [0.25, 0.3) is 0 Å². The Kier molecular flexibility index (Phi) is 2.26. The molecular formula is C19H21N. The van der Waals surface area contributed by atoms with Crippen LogP contribution in [0.25, 0.3) is 16.5 Å². The zero-order chi connectivity index (χ0) is 14.0. The van der Waals surface area contributed by atoms with E-state index in [1.807, 2.05) is 0 Å². The van der Waals surface area contributed by atoms with Gasteiger partial charge in [0.1, 0.15) is 0 Å². The molecule has 1 heteroatoms. The lowest BCUT2D eigenvalue weighted by Crippen LogP contribution is -2.29. The molecule has 1 aromatic carbocycles. The van der Waals surface area contributed by atoms with E-state index in [1.54, 1.807) is 0 Å². The summed E-state index contributed by atoms with van der Waals surface area (Å²) >= 11 is 0. The number of nitrogens with zero attached hydrogens (tertiary/aromatic N) is 1. The molecule has 0 aliphatic heterocycles. The van der Waals surface area contributed by atoms with Gasteiger partial charge in [-0.25, -0.2) is 4.98 Å². The van der Waals surface area contributed by atoms with Crippen LogP contribution in [0.1, 0.15) is 39.3 Å². The number of benzene rings is 1. The zero-order valence-corrected chi connectivity index (χ0v) is 12.5. The summed E-state index contributed by atoms with van der Waals surface area (Å²) in [5.41, 5.74) is 4.42. The molecule has 0 spiro atoms. The highest BCUT2D eigenvalue weighted by molar-refractivity contribution is 5.82. The summed E-state index contributed by atoms with van der Waals surface area (Å²) in [5.74, 6) is 0.718. The van der Waals surface area contributed by atoms with Crippen molar-refractivity contribution >= 4 is 16.5 Å². The lowest BCUT2D eigenvalue weighted by molar-refractivity contribution is 0.189. The predicted octanol–water partition coefficient (Wildman–Crippen LogP) is 5.07. The highest BCUT2D eigenvalue weighted by Crippen LogP contribution is 2.67. The molecule has 4 rings (SSSR count). The molecule has 2 atom stereocenters. The maximum atomic E-state index is 4.92. The minimum absolute atomic E-state index is 0.285. The zero-order valence-electron chi connectivity index (χ0n) is 12.5. The Bertz CT molecular complexity index is 725. The molecule has 1 nitrogen and oxygen atoms in total. The van der Waals surface area contributed by atoms with Crippen LogP contribution in [0.4, 0.5) is 0 Å². The topological polar surface area (TPSA) is 12.9 Å². The lowest BCUT2D eigenvalue weighted by atomic mass is 9.67. The average molecular weight is 263 g/mol. The van der Waals surface area contributed by atoms with Crippen LogP contribution >= 0.6 is 0 Å². The van der Waals surface area contributed by atoms with Gasteiger partial charge in [0.2, 0.25) is 0 Å². The molecule has 1 fully saturated rings. The first-order chi connectivity index (χ1) is 9.52. The summed E-state index contributed by atoms with van der Waals surface area (Å²) in [6.07, 6.45) is 5.13. The summed E-state index contributed by atoms with van der Waals surface area (Å²) in [7, 11) is 0. The van der Waals surface area contributed by atoms with Gasteiger partial charge in [-0.15, -0.1) is 0 Å². The van der Waals surface area contributed by atoms with E-state index in [9.17, 15) is 0 Å². The van der Waals surface area contributed by atoms with E-state index in [-0.39, 0.29) is 5.41 Å². The molecule has 102 valence electrons. The highest BCUT2D eigenvalue weighted by Gasteiger charge is 2.57. The minimum atomic E-state index is 0.285. The van der Waals surface area contributed by atoms with E-state index in [0.717, 1.165) is 11.4 Å². The Morgan fingerprint density at radius 1 is 1.05 bits per heavy atom. The molecule has 1 heterocycles. The molecule has 2 unspecified atom stereocenters. The van der Waals surface area contributed by atoms with E-state index < -0.39 is 0 Å². The summed E-state index contributed by atoms with van der Waals surface area (Å²) in [5, 5.41) is 1.23. The van der Waals surface area contributed by atoms with Gasteiger partial charge in [0, 0.05) is 5.39 Å². The second-order valence-corrected chi connectivity index (χ2v) is 7.17. The fourth-order valence-corrected chi connectivity index (χ4v) is 4.28. The summed E-state index contributed by atoms with van der Waals surface area (Å²) in [4.78, 5) is 4.92. The average Bonchev–Trinajstić information content (AvgIpc) is 2.79. The first-order valence-electron chi connectivity index (χ1n) is 7.61. The van der Waals surface area contributed by atoms with Crippen molar-refractivity contribution < 1.29 is 0 Å². The second kappa shape index (κ2) is 3.72. The molecule has 1 saturated carbocycles. The van der Waals surface area contributed by atoms with Gasteiger partial charge in [-0.05, 0) is 47.3 Å². The molecule has 0 N–H and O–H groups in total. The number of rotatable bonds is 1. The molecule has 0 saturated heterocycles. The van der Waals surface area contributed by atoms with Crippen LogP contribution in [0.15, 0.2) is 42.5 Å². The van der Waals surface area contributed by atoms with Crippen molar-refractivity contribution in [2.75, 3.05) is 0 Å². The van der Waals surface area contributed by atoms with E-state index in [1.165, 1.54) is 29.5 Å². The smallest absolute Gasteiger partial charge is 0.0709 e. The Morgan fingerprint density at radius 2 is 1.85 bits per heavy atom. The van der Waals surface area contributed by atoms with Gasteiger partial charge in [0.15, 0.2) is 0 Å². The number of aromatic nitrogens is 1. The monoisotopic (exact) mass is 263 g/mol. The first-order valence-corrected chi connectivity index (χ1v) is 7.61. The third-order valence-electron chi connectivity index (χ3n) is 6.14. The molecule has 2 aromatic rings. The van der Waals surface area contributed by atoms with Crippen LogP contribution in [-0.2, 0) is 0 Å². The van der Waals surface area contributed by atoms with Crippen molar-refractivity contribution in [3.05, 3.63) is 48.2 Å². The number of hydrogen-bond donors (Lipinski definition) is 0. The summed E-state index contributed by atoms with van der Waals surface area (Å²) < 4.78 is 0. The van der Waals surface area contributed by atoms with Crippen molar-refractivity contribution in [3.63, 3.8) is 0 Å². The largest absolute Gasteiger partial charge is 0.248 e. The number of pyridine rings is 1. The Morgan fingerprint density at radius 3 is 2.55 bits per heavy atom. The van der Waals surface area contributed by atoms with E-state index in [0.29, 0.717) is 5.41 Å². The normalized spacial score (nSPS) is 30.8. The van der Waals surface area contributed by atoms with Crippen molar-refractivity contribution in [2.24, 2.45) is 16.7 Å². The van der Waals surface area contributed by atoms with Crippen LogP contribution in [0, 0.1) is 16.7 Å². The maximum absolute atomic E-state index is 4.92. The van der Waals surface area contributed by atoms with E-state index >= 15 is 0 Å². The SMILES string of the molecule is CC12CCC(C=C1c1ccc3ccccc3n1)C2(C)C. The lowest BCUT2D eigenvalue weighted by Gasteiger charge is -2.37. The van der Waals surface area contributed by atoms with E-state index in [4.69, 9.17) is 4.98 Å². The van der Waals surface area contributed by atoms with Crippen molar-refractivity contribution in [1.82, 2.24) is 4.98 Å². The van der Waals surface area contributed by atoms with Crippen LogP contribution < -0.4 is 0 Å². The molecule has 2 bridgehead atoms. The fraction of sp³-hybridized carbons (Fsp3) is 0.421. The van der Waals surface area contributed by atoms with Gasteiger partial charge in [-0.2, -0.15) is 0 Å². The van der Waals surface area contributed by atoms with Crippen LogP contribution in [0.5, 0.6) is 0 Å². The second-order valence-electron chi connectivity index (χ2n) is 7.17.